The standard InChI is InChI=1S/C24H22N4O/c1-16-19-6-2-3-8-21(19)24(27-22-9-5-4-7-20(16)22)26-15-14-17-10-12-18(13-11-17)23(25)28-29/h2-13,29H,1,14-15H2,(H2,25,28)(H,26,27). The highest BCUT2D eigenvalue weighted by atomic mass is 16.4. The molecule has 0 saturated heterocycles. The SMILES string of the molecule is C=C1c2ccccc2NC(=NCCc2ccc(C(N)=NO)cc2)c2ccccc21. The number of hydrogen-bond donors (Lipinski definition) is 3. The van der Waals surface area contributed by atoms with Crippen molar-refractivity contribution in [3.63, 3.8) is 0 Å². The van der Waals surface area contributed by atoms with Crippen molar-refractivity contribution in [3.05, 3.63) is 107 Å². The van der Waals surface area contributed by atoms with Gasteiger partial charge in [0.15, 0.2) is 5.84 Å². The van der Waals surface area contributed by atoms with Gasteiger partial charge in [-0.3, -0.25) is 4.99 Å². The molecule has 3 aromatic rings. The van der Waals surface area contributed by atoms with E-state index in [0.29, 0.717) is 12.1 Å². The Morgan fingerprint density at radius 2 is 1.55 bits per heavy atom. The van der Waals surface area contributed by atoms with Crippen LogP contribution in [-0.4, -0.2) is 23.4 Å². The van der Waals surface area contributed by atoms with E-state index in [4.69, 9.17) is 15.9 Å². The molecule has 0 aliphatic carbocycles. The van der Waals surface area contributed by atoms with Gasteiger partial charge < -0.3 is 16.3 Å². The Balaban J connectivity index is 1.59. The minimum Gasteiger partial charge on any atom is -0.409 e. The summed E-state index contributed by atoms with van der Waals surface area (Å²) in [5.74, 6) is 0.954. The Kier molecular flexibility index (Phi) is 5.12. The average Bonchev–Trinajstić information content (AvgIpc) is 2.89. The second-order valence-corrected chi connectivity index (χ2v) is 6.86. The fourth-order valence-corrected chi connectivity index (χ4v) is 3.47. The first kappa shape index (κ1) is 18.5. The number of amidine groups is 2. The van der Waals surface area contributed by atoms with Gasteiger partial charge >= 0.3 is 0 Å². The first-order chi connectivity index (χ1) is 14.2. The van der Waals surface area contributed by atoms with E-state index in [0.717, 1.165) is 45.8 Å². The molecule has 0 atom stereocenters. The van der Waals surface area contributed by atoms with Crippen LogP contribution in [0.1, 0.15) is 27.8 Å². The maximum atomic E-state index is 8.77. The number of aliphatic imine (C=N–C) groups is 1. The molecule has 29 heavy (non-hydrogen) atoms. The zero-order valence-corrected chi connectivity index (χ0v) is 16.0. The normalized spacial score (nSPS) is 14.7. The molecule has 0 radical (unpaired) electrons. The summed E-state index contributed by atoms with van der Waals surface area (Å²) in [5, 5.41) is 15.3. The molecular formula is C24H22N4O. The van der Waals surface area contributed by atoms with E-state index in [1.54, 1.807) is 0 Å². The number of anilines is 1. The highest BCUT2D eigenvalue weighted by molar-refractivity contribution is 6.15. The maximum absolute atomic E-state index is 8.77. The van der Waals surface area contributed by atoms with Crippen molar-refractivity contribution >= 4 is 22.9 Å². The number of nitrogens with zero attached hydrogens (tertiary/aromatic N) is 2. The van der Waals surface area contributed by atoms with Gasteiger partial charge in [0.1, 0.15) is 5.84 Å². The zero-order chi connectivity index (χ0) is 20.2. The summed E-state index contributed by atoms with van der Waals surface area (Å²) in [6, 6.07) is 24.0. The van der Waals surface area contributed by atoms with Crippen molar-refractivity contribution in [2.24, 2.45) is 15.9 Å². The third kappa shape index (κ3) is 3.75. The summed E-state index contributed by atoms with van der Waals surface area (Å²) in [7, 11) is 0. The maximum Gasteiger partial charge on any atom is 0.170 e. The molecule has 0 unspecified atom stereocenters. The highest BCUT2D eigenvalue weighted by Gasteiger charge is 2.19. The predicted octanol–water partition coefficient (Wildman–Crippen LogP) is 4.26. The van der Waals surface area contributed by atoms with Crippen LogP contribution in [-0.2, 0) is 6.42 Å². The third-order valence-corrected chi connectivity index (χ3v) is 5.04. The average molecular weight is 382 g/mol. The Labute approximate surface area is 169 Å². The van der Waals surface area contributed by atoms with Crippen LogP contribution in [0.2, 0.25) is 0 Å². The number of para-hydroxylation sites is 1. The molecule has 0 bridgehead atoms. The molecule has 144 valence electrons. The van der Waals surface area contributed by atoms with Crippen LogP contribution in [0.15, 0.2) is 89.5 Å². The number of oxime groups is 1. The van der Waals surface area contributed by atoms with Crippen molar-refractivity contribution in [2.45, 2.75) is 6.42 Å². The molecule has 5 heteroatoms. The van der Waals surface area contributed by atoms with E-state index < -0.39 is 0 Å². The van der Waals surface area contributed by atoms with Crippen molar-refractivity contribution in [1.29, 1.82) is 0 Å². The largest absolute Gasteiger partial charge is 0.409 e. The zero-order valence-electron chi connectivity index (χ0n) is 16.0. The smallest absolute Gasteiger partial charge is 0.170 e. The lowest BCUT2D eigenvalue weighted by molar-refractivity contribution is 0.318. The quantitative estimate of drug-likeness (QED) is 0.273. The minimum atomic E-state index is 0.106. The van der Waals surface area contributed by atoms with Crippen LogP contribution >= 0.6 is 0 Å². The summed E-state index contributed by atoms with van der Waals surface area (Å²) in [4.78, 5) is 4.86. The molecule has 0 fully saturated rings. The van der Waals surface area contributed by atoms with Gasteiger partial charge in [0, 0.05) is 28.9 Å². The Morgan fingerprint density at radius 3 is 2.28 bits per heavy atom. The summed E-state index contributed by atoms with van der Waals surface area (Å²) < 4.78 is 0. The minimum absolute atomic E-state index is 0.106. The van der Waals surface area contributed by atoms with Crippen LogP contribution in [0.3, 0.4) is 0 Å². The van der Waals surface area contributed by atoms with Crippen molar-refractivity contribution in [2.75, 3.05) is 11.9 Å². The first-order valence-electron chi connectivity index (χ1n) is 9.44. The van der Waals surface area contributed by atoms with Crippen LogP contribution in [0.5, 0.6) is 0 Å². The van der Waals surface area contributed by atoms with Gasteiger partial charge in [-0.2, -0.15) is 0 Å². The van der Waals surface area contributed by atoms with Gasteiger partial charge in [0.25, 0.3) is 0 Å². The summed E-state index contributed by atoms with van der Waals surface area (Å²) in [5.41, 5.74) is 12.7. The number of rotatable bonds is 4. The molecule has 0 spiro atoms. The van der Waals surface area contributed by atoms with Gasteiger partial charge in [0.2, 0.25) is 0 Å². The van der Waals surface area contributed by atoms with Gasteiger partial charge in [-0.05, 0) is 29.2 Å². The lowest BCUT2D eigenvalue weighted by Crippen LogP contribution is -2.15. The summed E-state index contributed by atoms with van der Waals surface area (Å²) >= 11 is 0. The van der Waals surface area contributed by atoms with Crippen LogP contribution < -0.4 is 11.1 Å². The molecule has 0 saturated carbocycles. The van der Waals surface area contributed by atoms with Gasteiger partial charge in [-0.15, -0.1) is 0 Å². The van der Waals surface area contributed by atoms with Crippen LogP contribution in [0.4, 0.5) is 5.69 Å². The molecule has 3 aromatic carbocycles. The van der Waals surface area contributed by atoms with E-state index in [2.05, 4.69) is 35.3 Å². The van der Waals surface area contributed by atoms with E-state index in [9.17, 15) is 0 Å². The van der Waals surface area contributed by atoms with E-state index >= 15 is 0 Å². The third-order valence-electron chi connectivity index (χ3n) is 5.04. The van der Waals surface area contributed by atoms with Crippen LogP contribution in [0, 0.1) is 0 Å². The summed E-state index contributed by atoms with van der Waals surface area (Å²) in [6.07, 6.45) is 0.784. The number of fused-ring (bicyclic) bond motifs is 2. The predicted molar refractivity (Wildman–Crippen MR) is 119 cm³/mol. The molecule has 5 nitrogen and oxygen atoms in total. The second kappa shape index (κ2) is 8.02. The van der Waals surface area contributed by atoms with E-state index in [-0.39, 0.29) is 5.84 Å². The van der Waals surface area contributed by atoms with Gasteiger partial charge in [0.05, 0.1) is 0 Å². The highest BCUT2D eigenvalue weighted by Crippen LogP contribution is 2.33. The lowest BCUT2D eigenvalue weighted by atomic mass is 9.96. The van der Waals surface area contributed by atoms with Gasteiger partial charge in [-0.25, -0.2) is 0 Å². The Hall–Kier alpha value is -3.86. The molecule has 1 heterocycles. The number of benzene rings is 3. The van der Waals surface area contributed by atoms with E-state index in [1.807, 2.05) is 54.6 Å². The van der Waals surface area contributed by atoms with Crippen molar-refractivity contribution < 1.29 is 5.21 Å². The fourth-order valence-electron chi connectivity index (χ4n) is 3.47. The lowest BCUT2D eigenvalue weighted by Gasteiger charge is -2.10. The number of nitrogens with two attached hydrogens (primary N) is 1. The topological polar surface area (TPSA) is 83.0 Å². The molecule has 0 aromatic heterocycles. The molecular weight excluding hydrogens is 360 g/mol. The number of nitrogens with one attached hydrogen (secondary N) is 1. The first-order valence-corrected chi connectivity index (χ1v) is 9.44. The second-order valence-electron chi connectivity index (χ2n) is 6.86. The Morgan fingerprint density at radius 1 is 0.897 bits per heavy atom. The Bertz CT molecular complexity index is 1110. The molecule has 4 rings (SSSR count). The molecule has 1 aliphatic heterocycles. The fraction of sp³-hybridized carbons (Fsp3) is 0.0833. The van der Waals surface area contributed by atoms with Crippen molar-refractivity contribution in [3.8, 4) is 0 Å². The van der Waals surface area contributed by atoms with E-state index in [1.165, 1.54) is 0 Å². The molecule has 0 amide bonds. The monoisotopic (exact) mass is 382 g/mol. The van der Waals surface area contributed by atoms with Crippen molar-refractivity contribution in [1.82, 2.24) is 0 Å². The number of hydrogen-bond acceptors (Lipinski definition) is 3. The van der Waals surface area contributed by atoms with Gasteiger partial charge in [-0.1, -0.05) is 78.5 Å². The van der Waals surface area contributed by atoms with Crippen LogP contribution in [0.25, 0.3) is 5.57 Å². The summed E-state index contributed by atoms with van der Waals surface area (Å²) in [6.45, 7) is 4.95. The molecule has 1 aliphatic rings. The molecule has 4 N–H and O–H groups in total.